The summed E-state index contributed by atoms with van der Waals surface area (Å²) in [5, 5.41) is 2.68. The van der Waals surface area contributed by atoms with Crippen LogP contribution in [-0.4, -0.2) is 48.6 Å². The first-order valence-corrected chi connectivity index (χ1v) is 8.24. The molecule has 0 spiro atoms. The summed E-state index contributed by atoms with van der Waals surface area (Å²) in [6.07, 6.45) is 0.826. The number of fused-ring (bicyclic) bond motifs is 1. The third-order valence-corrected chi connectivity index (χ3v) is 4.78. The van der Waals surface area contributed by atoms with Crippen molar-refractivity contribution in [3.05, 3.63) is 23.8 Å². The van der Waals surface area contributed by atoms with Crippen LogP contribution < -0.4 is 5.32 Å². The van der Waals surface area contributed by atoms with Crippen LogP contribution >= 0.6 is 11.8 Å². The van der Waals surface area contributed by atoms with E-state index in [1.54, 1.807) is 24.1 Å². The molecule has 1 heterocycles. The van der Waals surface area contributed by atoms with Gasteiger partial charge in [0.15, 0.2) is 0 Å². The van der Waals surface area contributed by atoms with Crippen LogP contribution in [0.25, 0.3) is 0 Å². The fourth-order valence-electron chi connectivity index (χ4n) is 2.23. The molecule has 0 fully saturated rings. The molecule has 1 N–H and O–H groups in total. The fourth-order valence-corrected chi connectivity index (χ4v) is 3.16. The first kappa shape index (κ1) is 17.3. The Morgan fingerprint density at radius 3 is 2.83 bits per heavy atom. The molecular weight excluding hydrogens is 316 g/mol. The number of esters is 1. The zero-order chi connectivity index (χ0) is 17.0. The van der Waals surface area contributed by atoms with E-state index in [0.29, 0.717) is 24.2 Å². The van der Waals surface area contributed by atoms with Gasteiger partial charge in [0.25, 0.3) is 5.91 Å². The normalized spacial score (nSPS) is 16.3. The van der Waals surface area contributed by atoms with Crippen LogP contribution in [0, 0.1) is 0 Å². The largest absolute Gasteiger partial charge is 0.469 e. The molecule has 6 nitrogen and oxygen atoms in total. The second-order valence-electron chi connectivity index (χ2n) is 5.37. The summed E-state index contributed by atoms with van der Waals surface area (Å²) in [5.74, 6) is -0.484. The number of hydrogen-bond acceptors (Lipinski definition) is 5. The van der Waals surface area contributed by atoms with Crippen molar-refractivity contribution in [2.24, 2.45) is 0 Å². The highest BCUT2D eigenvalue weighted by Gasteiger charge is 2.24. The fraction of sp³-hybridized carbons (Fsp3) is 0.438. The maximum absolute atomic E-state index is 12.4. The summed E-state index contributed by atoms with van der Waals surface area (Å²) in [6, 6.07) is 5.31. The number of hydrogen-bond donors (Lipinski definition) is 1. The first-order chi connectivity index (χ1) is 10.9. The average molecular weight is 336 g/mol. The van der Waals surface area contributed by atoms with Crippen LogP contribution in [0.1, 0.15) is 30.1 Å². The minimum absolute atomic E-state index is 0.0569. The molecule has 7 heteroatoms. The highest BCUT2D eigenvalue weighted by molar-refractivity contribution is 8.00. The zero-order valence-electron chi connectivity index (χ0n) is 13.4. The average Bonchev–Trinajstić information content (AvgIpc) is 2.54. The summed E-state index contributed by atoms with van der Waals surface area (Å²) >= 11 is 1.48. The first-order valence-electron chi connectivity index (χ1n) is 7.36. The second-order valence-corrected chi connectivity index (χ2v) is 6.75. The molecule has 0 bridgehead atoms. The maximum atomic E-state index is 12.4. The van der Waals surface area contributed by atoms with Crippen molar-refractivity contribution in [2.75, 3.05) is 26.0 Å². The van der Waals surface area contributed by atoms with Crippen LogP contribution in [0.15, 0.2) is 23.1 Å². The van der Waals surface area contributed by atoms with Gasteiger partial charge in [-0.15, -0.1) is 11.8 Å². The summed E-state index contributed by atoms with van der Waals surface area (Å²) < 4.78 is 4.57. The molecular formula is C16H20N2O4S. The van der Waals surface area contributed by atoms with E-state index >= 15 is 0 Å². The van der Waals surface area contributed by atoms with E-state index in [0.717, 1.165) is 4.90 Å². The molecule has 1 aromatic rings. The molecule has 1 aliphatic rings. The summed E-state index contributed by atoms with van der Waals surface area (Å²) in [4.78, 5) is 37.7. The van der Waals surface area contributed by atoms with Crippen molar-refractivity contribution in [3.8, 4) is 0 Å². The van der Waals surface area contributed by atoms with E-state index in [1.165, 1.54) is 18.9 Å². The van der Waals surface area contributed by atoms with E-state index in [4.69, 9.17) is 0 Å². The van der Waals surface area contributed by atoms with Gasteiger partial charge < -0.3 is 15.0 Å². The Morgan fingerprint density at radius 2 is 2.13 bits per heavy atom. The highest BCUT2D eigenvalue weighted by Crippen LogP contribution is 2.36. The van der Waals surface area contributed by atoms with Crippen LogP contribution in [0.2, 0.25) is 0 Å². The Kier molecular flexibility index (Phi) is 5.65. The minimum atomic E-state index is -0.284. The molecule has 124 valence electrons. The van der Waals surface area contributed by atoms with Gasteiger partial charge >= 0.3 is 5.97 Å². The van der Waals surface area contributed by atoms with Crippen molar-refractivity contribution >= 4 is 35.2 Å². The molecule has 0 aliphatic carbocycles. The number of carbonyl (C=O) groups excluding carboxylic acids is 3. The number of anilines is 1. The molecule has 0 unspecified atom stereocenters. The Hall–Kier alpha value is -2.02. The maximum Gasteiger partial charge on any atom is 0.305 e. The van der Waals surface area contributed by atoms with Crippen molar-refractivity contribution in [3.63, 3.8) is 0 Å². The number of ether oxygens (including phenoxy) is 1. The van der Waals surface area contributed by atoms with Crippen LogP contribution in [0.3, 0.4) is 0 Å². The monoisotopic (exact) mass is 336 g/mol. The van der Waals surface area contributed by atoms with Gasteiger partial charge in [-0.05, 0) is 31.5 Å². The Labute approximate surface area is 139 Å². The van der Waals surface area contributed by atoms with Crippen LogP contribution in [0.4, 0.5) is 5.69 Å². The number of methoxy groups -OCH3 is 1. The third-order valence-electron chi connectivity index (χ3n) is 3.61. The molecule has 0 aromatic heterocycles. The summed E-state index contributed by atoms with van der Waals surface area (Å²) in [7, 11) is 3.03. The van der Waals surface area contributed by atoms with Gasteiger partial charge in [-0.2, -0.15) is 0 Å². The molecule has 1 aliphatic heterocycles. The van der Waals surface area contributed by atoms with Crippen molar-refractivity contribution in [1.82, 2.24) is 4.90 Å². The number of thioether (sulfide) groups is 1. The molecule has 1 aromatic carbocycles. The predicted molar refractivity (Wildman–Crippen MR) is 88.6 cm³/mol. The van der Waals surface area contributed by atoms with E-state index in [1.807, 2.05) is 13.0 Å². The smallest absolute Gasteiger partial charge is 0.305 e. The lowest BCUT2D eigenvalue weighted by atomic mass is 10.1. The molecule has 23 heavy (non-hydrogen) atoms. The van der Waals surface area contributed by atoms with Crippen molar-refractivity contribution in [1.29, 1.82) is 0 Å². The standard InChI is InChI=1S/C16H20N2O4S/c1-10-15(20)17-12-9-11(6-7-13(12)23-10)16(21)18(2)8-4-5-14(19)22-3/h6-7,9-10H,4-5,8H2,1-3H3,(H,17,20)/t10-/m0/s1. The van der Waals surface area contributed by atoms with E-state index in [2.05, 4.69) is 10.1 Å². The molecule has 0 saturated carbocycles. The van der Waals surface area contributed by atoms with Crippen molar-refractivity contribution < 1.29 is 19.1 Å². The van der Waals surface area contributed by atoms with E-state index in [-0.39, 0.29) is 29.5 Å². The zero-order valence-corrected chi connectivity index (χ0v) is 14.2. The van der Waals surface area contributed by atoms with Gasteiger partial charge in [0, 0.05) is 30.5 Å². The minimum Gasteiger partial charge on any atom is -0.469 e. The van der Waals surface area contributed by atoms with Crippen LogP contribution in [0.5, 0.6) is 0 Å². The number of amides is 2. The van der Waals surface area contributed by atoms with Gasteiger partial charge in [0.1, 0.15) is 0 Å². The van der Waals surface area contributed by atoms with Gasteiger partial charge in [0.2, 0.25) is 5.91 Å². The molecule has 0 saturated heterocycles. The number of nitrogens with one attached hydrogen (secondary N) is 1. The number of rotatable bonds is 5. The molecule has 0 radical (unpaired) electrons. The SMILES string of the molecule is COC(=O)CCCN(C)C(=O)c1ccc2c(c1)NC(=O)[C@H](C)S2. The summed E-state index contributed by atoms with van der Waals surface area (Å²) in [6.45, 7) is 2.31. The van der Waals surface area contributed by atoms with Gasteiger partial charge in [-0.1, -0.05) is 0 Å². The molecule has 2 rings (SSSR count). The van der Waals surface area contributed by atoms with Gasteiger partial charge in [-0.25, -0.2) is 0 Å². The lowest BCUT2D eigenvalue weighted by Crippen LogP contribution is -2.29. The number of nitrogens with zero attached hydrogens (tertiary/aromatic N) is 1. The van der Waals surface area contributed by atoms with Gasteiger partial charge in [-0.3, -0.25) is 14.4 Å². The topological polar surface area (TPSA) is 75.7 Å². The Bertz CT molecular complexity index is 633. The lowest BCUT2D eigenvalue weighted by Gasteiger charge is -2.23. The number of benzene rings is 1. The quantitative estimate of drug-likeness (QED) is 0.834. The summed E-state index contributed by atoms with van der Waals surface area (Å²) in [5.41, 5.74) is 1.19. The van der Waals surface area contributed by atoms with Crippen molar-refractivity contribution in [2.45, 2.75) is 29.9 Å². The predicted octanol–water partition coefficient (Wildman–Crippen LogP) is 2.14. The second kappa shape index (κ2) is 7.50. The Morgan fingerprint density at radius 1 is 1.39 bits per heavy atom. The van der Waals surface area contributed by atoms with Gasteiger partial charge in [0.05, 0.1) is 18.0 Å². The van der Waals surface area contributed by atoms with E-state index < -0.39 is 0 Å². The molecule has 2 amide bonds. The molecule has 1 atom stereocenters. The Balaban J connectivity index is 2.01. The highest BCUT2D eigenvalue weighted by atomic mass is 32.2. The third kappa shape index (κ3) is 4.25. The number of carbonyl (C=O) groups is 3. The van der Waals surface area contributed by atoms with Crippen LogP contribution in [-0.2, 0) is 14.3 Å². The van der Waals surface area contributed by atoms with E-state index in [9.17, 15) is 14.4 Å². The lowest BCUT2D eigenvalue weighted by molar-refractivity contribution is -0.140.